The number of hydrogen-bond donors (Lipinski definition) is 0. The molecule has 4 aromatic carbocycles. The van der Waals surface area contributed by atoms with E-state index in [0.717, 1.165) is 70.2 Å². The van der Waals surface area contributed by atoms with E-state index in [1.165, 1.54) is 5.56 Å². The van der Waals surface area contributed by atoms with Crippen LogP contribution in [0.5, 0.6) is 0 Å². The minimum Gasteiger partial charge on any atom is -0.658 e. The summed E-state index contributed by atoms with van der Waals surface area (Å²) < 4.78 is 0. The van der Waals surface area contributed by atoms with E-state index < -0.39 is 5.41 Å². The standard InChI is InChI=1S/C32H29N4.C12H10N.Pt/c1-31(2)21-12-17-25-29(35-36-30(25)31)26-18-11-20-28(34-26)32(23-13-5-3-6-14-23,24-15-7-4-8-16-24)27-19-9-10-22-33-27;1-3-7-11(8-4-1)13-12-9-5-2-6-10-12;/h3-11,13-16,18-20,22H,12,17,21H2,1-2H3;1-10H;/q2*-1;+2. The van der Waals surface area contributed by atoms with Gasteiger partial charge in [0.05, 0.1) is 17.1 Å². The second-order valence-corrected chi connectivity index (χ2v) is 13.0. The molecule has 0 N–H and O–H groups in total. The van der Waals surface area contributed by atoms with Crippen molar-refractivity contribution in [3.63, 3.8) is 0 Å². The third kappa shape index (κ3) is 7.11. The molecule has 6 heteroatoms. The summed E-state index contributed by atoms with van der Waals surface area (Å²) in [5, 5.41) is 13.8. The Kier molecular flexibility index (Phi) is 10.8. The number of para-hydroxylation sites is 2. The summed E-state index contributed by atoms with van der Waals surface area (Å²) >= 11 is 0. The fourth-order valence-corrected chi connectivity index (χ4v) is 6.92. The Morgan fingerprint density at radius 2 is 1.16 bits per heavy atom. The summed E-state index contributed by atoms with van der Waals surface area (Å²) in [5.41, 5.74) is 9.60. The van der Waals surface area contributed by atoms with Crippen LogP contribution in [0.4, 0.5) is 11.4 Å². The summed E-state index contributed by atoms with van der Waals surface area (Å²) in [6.45, 7) is 4.54. The number of benzene rings is 4. The van der Waals surface area contributed by atoms with Crippen LogP contribution in [0, 0.1) is 0 Å². The van der Waals surface area contributed by atoms with Crippen molar-refractivity contribution in [2.24, 2.45) is 0 Å². The van der Waals surface area contributed by atoms with Gasteiger partial charge in [-0.15, -0.1) is 11.4 Å². The molecular formula is C44H39N5Pt. The van der Waals surface area contributed by atoms with Gasteiger partial charge in [-0.05, 0) is 60.2 Å². The van der Waals surface area contributed by atoms with Crippen LogP contribution in [0.3, 0.4) is 0 Å². The summed E-state index contributed by atoms with van der Waals surface area (Å²) in [4.78, 5) is 10.2. The predicted octanol–water partition coefficient (Wildman–Crippen LogP) is 10.5. The van der Waals surface area contributed by atoms with Gasteiger partial charge in [-0.1, -0.05) is 153 Å². The summed E-state index contributed by atoms with van der Waals surface area (Å²) in [6.07, 6.45) is 5.14. The van der Waals surface area contributed by atoms with Crippen molar-refractivity contribution in [2.75, 3.05) is 0 Å². The Labute approximate surface area is 309 Å². The molecule has 0 spiro atoms. The van der Waals surface area contributed by atoms with Crippen molar-refractivity contribution < 1.29 is 21.1 Å². The third-order valence-corrected chi connectivity index (χ3v) is 9.30. The van der Waals surface area contributed by atoms with Crippen LogP contribution in [0.25, 0.3) is 16.7 Å². The summed E-state index contributed by atoms with van der Waals surface area (Å²) in [7, 11) is 0. The van der Waals surface area contributed by atoms with Gasteiger partial charge in [0.15, 0.2) is 0 Å². The molecule has 0 atom stereocenters. The molecule has 7 aromatic rings. The first-order valence-corrected chi connectivity index (χ1v) is 16.9. The van der Waals surface area contributed by atoms with E-state index in [2.05, 4.69) is 114 Å². The van der Waals surface area contributed by atoms with Gasteiger partial charge < -0.3 is 15.5 Å². The monoisotopic (exact) mass is 832 g/mol. The smallest absolute Gasteiger partial charge is 0.658 e. The molecule has 3 heterocycles. The molecule has 0 saturated heterocycles. The number of pyridine rings is 2. The van der Waals surface area contributed by atoms with Crippen LogP contribution >= 0.6 is 0 Å². The van der Waals surface area contributed by atoms with Gasteiger partial charge in [-0.3, -0.25) is 9.97 Å². The molecule has 0 aliphatic heterocycles. The van der Waals surface area contributed by atoms with E-state index in [1.807, 2.05) is 79.0 Å². The Morgan fingerprint density at radius 1 is 0.620 bits per heavy atom. The summed E-state index contributed by atoms with van der Waals surface area (Å²) in [6, 6.07) is 53.4. The van der Waals surface area contributed by atoms with Gasteiger partial charge in [0.25, 0.3) is 0 Å². The Hall–Kier alpha value is -5.12. The minimum atomic E-state index is -0.681. The van der Waals surface area contributed by atoms with Crippen molar-refractivity contribution in [3.8, 4) is 11.4 Å². The SMILES string of the molecule is CC1(C)CCCc2c1n[n-]c2-c1cccc(C(c2ccccc2)(c2ccccc2)c2ccccn2)n1.[Pt+2].c1ccc([N-]c2ccccc2)cc1. The minimum absolute atomic E-state index is 0. The van der Waals surface area contributed by atoms with E-state index in [1.54, 1.807) is 0 Å². The zero-order valence-corrected chi connectivity index (χ0v) is 30.5. The average molecular weight is 833 g/mol. The number of hydrogen-bond acceptors (Lipinski definition) is 3. The molecule has 250 valence electrons. The fourth-order valence-electron chi connectivity index (χ4n) is 6.92. The third-order valence-electron chi connectivity index (χ3n) is 9.30. The molecule has 1 aliphatic rings. The van der Waals surface area contributed by atoms with Gasteiger partial charge in [0.1, 0.15) is 5.41 Å². The molecule has 0 bridgehead atoms. The van der Waals surface area contributed by atoms with Crippen LogP contribution in [-0.2, 0) is 38.3 Å². The maximum absolute atomic E-state index is 5.33. The molecule has 1 aliphatic carbocycles. The molecule has 0 amide bonds. The second kappa shape index (κ2) is 15.6. The quantitative estimate of drug-likeness (QED) is 0.160. The van der Waals surface area contributed by atoms with E-state index in [9.17, 15) is 0 Å². The zero-order chi connectivity index (χ0) is 33.5. The van der Waals surface area contributed by atoms with Gasteiger partial charge in [-0.2, -0.15) is 0 Å². The molecule has 3 aromatic heterocycles. The molecule has 0 saturated carbocycles. The zero-order valence-electron chi connectivity index (χ0n) is 28.3. The molecular weight excluding hydrogens is 794 g/mol. The maximum atomic E-state index is 5.33. The molecule has 8 rings (SSSR count). The van der Waals surface area contributed by atoms with Crippen LogP contribution < -0.4 is 5.10 Å². The molecule has 5 nitrogen and oxygen atoms in total. The maximum Gasteiger partial charge on any atom is 2.00 e. The van der Waals surface area contributed by atoms with Crippen molar-refractivity contribution in [2.45, 2.75) is 43.9 Å². The first-order chi connectivity index (χ1) is 24.1. The number of fused-ring (bicyclic) bond motifs is 1. The average Bonchev–Trinajstić information content (AvgIpc) is 3.61. The number of aromatic nitrogens is 4. The van der Waals surface area contributed by atoms with Crippen LogP contribution in [0.1, 0.15) is 60.5 Å². The second-order valence-electron chi connectivity index (χ2n) is 13.0. The van der Waals surface area contributed by atoms with E-state index in [0.29, 0.717) is 0 Å². The first-order valence-electron chi connectivity index (χ1n) is 16.9. The predicted molar refractivity (Wildman–Crippen MR) is 198 cm³/mol. The van der Waals surface area contributed by atoms with Crippen LogP contribution in [0.15, 0.2) is 164 Å². The van der Waals surface area contributed by atoms with Crippen LogP contribution in [-0.4, -0.2) is 15.1 Å². The number of rotatable bonds is 7. The molecule has 0 unspecified atom stereocenters. The van der Waals surface area contributed by atoms with Crippen molar-refractivity contribution in [3.05, 3.63) is 203 Å². The topological polar surface area (TPSA) is 66.9 Å². The molecule has 0 fully saturated rings. The number of nitrogens with zero attached hydrogens (tertiary/aromatic N) is 5. The van der Waals surface area contributed by atoms with Gasteiger partial charge >= 0.3 is 21.1 Å². The largest absolute Gasteiger partial charge is 2.00 e. The summed E-state index contributed by atoms with van der Waals surface area (Å²) in [5.74, 6) is 0. The van der Waals surface area contributed by atoms with Gasteiger partial charge in [-0.25, -0.2) is 0 Å². The van der Waals surface area contributed by atoms with Gasteiger partial charge in [0, 0.05) is 17.3 Å². The normalized spacial score (nSPS) is 13.2. The van der Waals surface area contributed by atoms with Gasteiger partial charge in [0.2, 0.25) is 0 Å². The van der Waals surface area contributed by atoms with Crippen molar-refractivity contribution in [1.82, 2.24) is 20.2 Å². The van der Waals surface area contributed by atoms with Crippen LogP contribution in [0.2, 0.25) is 0 Å². The fraction of sp³-hybridized carbons (Fsp3) is 0.159. The van der Waals surface area contributed by atoms with E-state index >= 15 is 0 Å². The Balaban J connectivity index is 0.000000260. The van der Waals surface area contributed by atoms with E-state index in [-0.39, 0.29) is 26.5 Å². The van der Waals surface area contributed by atoms with E-state index in [4.69, 9.17) is 9.97 Å². The molecule has 0 radical (unpaired) electrons. The first kappa shape index (κ1) is 34.7. The Morgan fingerprint density at radius 3 is 1.72 bits per heavy atom. The van der Waals surface area contributed by atoms with Crippen molar-refractivity contribution in [1.29, 1.82) is 0 Å². The molecule has 50 heavy (non-hydrogen) atoms. The Bertz CT molecular complexity index is 1950. The van der Waals surface area contributed by atoms with Crippen molar-refractivity contribution >= 4 is 11.4 Å².